The van der Waals surface area contributed by atoms with E-state index < -0.39 is 0 Å². The highest BCUT2D eigenvalue weighted by Gasteiger charge is 2.25. The van der Waals surface area contributed by atoms with Crippen LogP contribution in [0.3, 0.4) is 0 Å². The van der Waals surface area contributed by atoms with Crippen molar-refractivity contribution in [3.63, 3.8) is 0 Å². The summed E-state index contributed by atoms with van der Waals surface area (Å²) in [5, 5.41) is 0. The molecule has 0 N–H and O–H groups in total. The van der Waals surface area contributed by atoms with Crippen LogP contribution in [-0.2, 0) is 11.2 Å². The first-order valence-electron chi connectivity index (χ1n) is 7.73. The fraction of sp³-hybridized carbons (Fsp3) is 0.588. The van der Waals surface area contributed by atoms with Crippen LogP contribution in [0, 0.1) is 0 Å². The van der Waals surface area contributed by atoms with Crippen LogP contribution >= 0.6 is 11.6 Å². The number of halogens is 1. The molecule has 1 saturated carbocycles. The average molecular weight is 310 g/mol. The smallest absolute Gasteiger partial charge is 0.227 e. The van der Waals surface area contributed by atoms with Crippen LogP contribution in [0.25, 0.3) is 0 Å². The van der Waals surface area contributed by atoms with Crippen LogP contribution in [0.4, 0.5) is 0 Å². The molecule has 21 heavy (non-hydrogen) atoms. The third kappa shape index (κ3) is 4.37. The Balaban J connectivity index is 2.07. The molecule has 0 spiro atoms. The third-order valence-corrected chi connectivity index (χ3v) is 4.36. The molecule has 1 aliphatic rings. The minimum absolute atomic E-state index is 0.159. The normalized spacial score (nSPS) is 15.7. The predicted molar refractivity (Wildman–Crippen MR) is 86.0 cm³/mol. The van der Waals surface area contributed by atoms with E-state index in [2.05, 4.69) is 0 Å². The van der Waals surface area contributed by atoms with E-state index in [0.717, 1.165) is 24.2 Å². The van der Waals surface area contributed by atoms with Gasteiger partial charge in [-0.1, -0.05) is 37.5 Å². The largest absolute Gasteiger partial charge is 0.496 e. The van der Waals surface area contributed by atoms with Crippen molar-refractivity contribution < 1.29 is 9.53 Å². The molecular formula is C17H24ClNO2. The number of hydrogen-bond acceptors (Lipinski definition) is 2. The maximum absolute atomic E-state index is 12.7. The molecular weight excluding hydrogens is 286 g/mol. The van der Waals surface area contributed by atoms with E-state index in [0.29, 0.717) is 24.9 Å². The lowest BCUT2D eigenvalue weighted by Crippen LogP contribution is -2.43. The van der Waals surface area contributed by atoms with Crippen molar-refractivity contribution in [1.82, 2.24) is 4.90 Å². The van der Waals surface area contributed by atoms with Gasteiger partial charge in [-0.05, 0) is 18.9 Å². The fourth-order valence-corrected chi connectivity index (χ4v) is 3.29. The Morgan fingerprint density at radius 1 is 1.29 bits per heavy atom. The van der Waals surface area contributed by atoms with E-state index >= 15 is 0 Å². The molecule has 0 radical (unpaired) electrons. The number of amides is 1. The van der Waals surface area contributed by atoms with Crippen molar-refractivity contribution in [3.05, 3.63) is 29.8 Å². The van der Waals surface area contributed by atoms with Gasteiger partial charge in [0.05, 0.1) is 13.5 Å². The van der Waals surface area contributed by atoms with Crippen molar-refractivity contribution in [1.29, 1.82) is 0 Å². The summed E-state index contributed by atoms with van der Waals surface area (Å²) in [6.45, 7) is 0.639. The molecule has 0 bridgehead atoms. The lowest BCUT2D eigenvalue weighted by Gasteiger charge is -2.34. The highest BCUT2D eigenvalue weighted by atomic mass is 35.5. The van der Waals surface area contributed by atoms with Crippen molar-refractivity contribution >= 4 is 17.5 Å². The van der Waals surface area contributed by atoms with Crippen LogP contribution < -0.4 is 4.74 Å². The van der Waals surface area contributed by atoms with Crippen LogP contribution in [0.2, 0.25) is 0 Å². The molecule has 0 saturated heterocycles. The van der Waals surface area contributed by atoms with Crippen LogP contribution in [-0.4, -0.2) is 36.4 Å². The molecule has 116 valence electrons. The van der Waals surface area contributed by atoms with Crippen molar-refractivity contribution in [2.24, 2.45) is 0 Å². The monoisotopic (exact) mass is 309 g/mol. The molecule has 0 heterocycles. The van der Waals surface area contributed by atoms with Crippen LogP contribution in [0.5, 0.6) is 5.75 Å². The van der Waals surface area contributed by atoms with Gasteiger partial charge in [0.15, 0.2) is 0 Å². The highest BCUT2D eigenvalue weighted by Crippen LogP contribution is 2.24. The molecule has 0 aromatic heterocycles. The average Bonchev–Trinajstić information content (AvgIpc) is 2.53. The number of nitrogens with zero attached hydrogens (tertiary/aromatic N) is 1. The Morgan fingerprint density at radius 2 is 2.00 bits per heavy atom. The van der Waals surface area contributed by atoms with Crippen LogP contribution in [0.15, 0.2) is 24.3 Å². The van der Waals surface area contributed by atoms with Crippen molar-refractivity contribution in [3.8, 4) is 5.75 Å². The lowest BCUT2D eigenvalue weighted by atomic mass is 9.93. The summed E-state index contributed by atoms with van der Waals surface area (Å²) in [6.07, 6.45) is 6.31. The first-order valence-corrected chi connectivity index (χ1v) is 8.27. The highest BCUT2D eigenvalue weighted by molar-refractivity contribution is 6.18. The zero-order chi connectivity index (χ0) is 15.1. The number of benzene rings is 1. The first-order chi connectivity index (χ1) is 10.3. The molecule has 1 fully saturated rings. The number of carbonyl (C=O) groups is 1. The van der Waals surface area contributed by atoms with E-state index in [9.17, 15) is 4.79 Å². The summed E-state index contributed by atoms with van der Waals surface area (Å²) in [5.74, 6) is 1.43. The predicted octanol–water partition coefficient (Wildman–Crippen LogP) is 3.64. The minimum atomic E-state index is 0.159. The maximum atomic E-state index is 12.7. The lowest BCUT2D eigenvalue weighted by molar-refractivity contribution is -0.133. The van der Waals surface area contributed by atoms with Gasteiger partial charge in [-0.25, -0.2) is 0 Å². The molecule has 1 aromatic rings. The van der Waals surface area contributed by atoms with E-state index in [4.69, 9.17) is 16.3 Å². The molecule has 3 nitrogen and oxygen atoms in total. The Morgan fingerprint density at radius 3 is 2.67 bits per heavy atom. The molecule has 1 amide bonds. The van der Waals surface area contributed by atoms with Gasteiger partial charge in [0.2, 0.25) is 5.91 Å². The number of methoxy groups -OCH3 is 1. The second kappa shape index (κ2) is 8.28. The molecule has 0 atom stereocenters. The Kier molecular flexibility index (Phi) is 6.37. The molecule has 4 heteroatoms. The number of ether oxygens (including phenoxy) is 1. The number of rotatable bonds is 6. The molecule has 0 unspecified atom stereocenters. The number of carbonyl (C=O) groups excluding carboxylic acids is 1. The number of alkyl halides is 1. The van der Waals surface area contributed by atoms with Gasteiger partial charge in [0.1, 0.15) is 5.75 Å². The standard InChI is InChI=1S/C17H24ClNO2/c1-21-16-10-6-5-7-14(16)13-17(20)19(12-11-18)15-8-3-2-4-9-15/h5-7,10,15H,2-4,8-9,11-13H2,1H3. The summed E-state index contributed by atoms with van der Waals surface area (Å²) in [5.41, 5.74) is 0.945. The molecule has 0 aliphatic heterocycles. The topological polar surface area (TPSA) is 29.5 Å². The summed E-state index contributed by atoms with van der Waals surface area (Å²) >= 11 is 5.90. The van der Waals surface area contributed by atoms with Gasteiger partial charge in [0, 0.05) is 24.0 Å². The fourth-order valence-electron chi connectivity index (χ4n) is 3.11. The van der Waals surface area contributed by atoms with E-state index in [1.54, 1.807) is 7.11 Å². The van der Waals surface area contributed by atoms with Crippen LogP contribution in [0.1, 0.15) is 37.7 Å². The van der Waals surface area contributed by atoms with Gasteiger partial charge >= 0.3 is 0 Å². The zero-order valence-electron chi connectivity index (χ0n) is 12.7. The van der Waals surface area contributed by atoms with Crippen molar-refractivity contribution in [2.75, 3.05) is 19.5 Å². The van der Waals surface area contributed by atoms with E-state index in [-0.39, 0.29) is 5.91 Å². The van der Waals surface area contributed by atoms with Gasteiger partial charge < -0.3 is 9.64 Å². The van der Waals surface area contributed by atoms with E-state index in [1.165, 1.54) is 19.3 Å². The Hall–Kier alpha value is -1.22. The minimum Gasteiger partial charge on any atom is -0.496 e. The molecule has 1 aliphatic carbocycles. The van der Waals surface area contributed by atoms with Gasteiger partial charge in [-0.3, -0.25) is 4.79 Å². The second-order valence-corrected chi connectivity index (χ2v) is 5.93. The summed E-state index contributed by atoms with van der Waals surface area (Å²) in [7, 11) is 1.64. The third-order valence-electron chi connectivity index (χ3n) is 4.20. The maximum Gasteiger partial charge on any atom is 0.227 e. The summed E-state index contributed by atoms with van der Waals surface area (Å²) in [4.78, 5) is 14.7. The number of hydrogen-bond donors (Lipinski definition) is 0. The summed E-state index contributed by atoms with van der Waals surface area (Å²) in [6, 6.07) is 8.08. The summed E-state index contributed by atoms with van der Waals surface area (Å²) < 4.78 is 5.33. The Labute approximate surface area is 132 Å². The van der Waals surface area contributed by atoms with Gasteiger partial charge in [-0.2, -0.15) is 0 Å². The first kappa shape index (κ1) is 16.2. The molecule has 1 aromatic carbocycles. The Bertz CT molecular complexity index is 458. The SMILES string of the molecule is COc1ccccc1CC(=O)N(CCCl)C1CCCCC1. The van der Waals surface area contributed by atoms with Gasteiger partial charge in [0.25, 0.3) is 0 Å². The molecule has 2 rings (SSSR count). The number of para-hydroxylation sites is 1. The second-order valence-electron chi connectivity index (χ2n) is 5.56. The quantitative estimate of drug-likeness (QED) is 0.751. The van der Waals surface area contributed by atoms with E-state index in [1.807, 2.05) is 29.2 Å². The van der Waals surface area contributed by atoms with Crippen molar-refractivity contribution in [2.45, 2.75) is 44.6 Å². The van der Waals surface area contributed by atoms with Gasteiger partial charge in [-0.15, -0.1) is 11.6 Å². The zero-order valence-corrected chi connectivity index (χ0v) is 13.4.